The quantitative estimate of drug-likeness (QED) is 0.189. The summed E-state index contributed by atoms with van der Waals surface area (Å²) < 4.78 is 47.4. The number of hydrogen-bond donors (Lipinski definition) is 1. The van der Waals surface area contributed by atoms with Gasteiger partial charge in [-0.2, -0.15) is 13.2 Å². The van der Waals surface area contributed by atoms with Gasteiger partial charge in [0.25, 0.3) is 5.91 Å². The smallest absolute Gasteiger partial charge is 0.416 e. The molecule has 222 valence electrons. The summed E-state index contributed by atoms with van der Waals surface area (Å²) in [5, 5.41) is 3.65. The van der Waals surface area contributed by atoms with Crippen LogP contribution in [0.2, 0.25) is 0 Å². The molecule has 1 aromatic heterocycles. The van der Waals surface area contributed by atoms with Crippen molar-refractivity contribution in [2.45, 2.75) is 45.3 Å². The van der Waals surface area contributed by atoms with Crippen molar-refractivity contribution in [2.24, 2.45) is 0 Å². The first-order valence-electron chi connectivity index (χ1n) is 13.7. The molecule has 1 aliphatic heterocycles. The highest BCUT2D eigenvalue weighted by Crippen LogP contribution is 2.35. The average Bonchev–Trinajstić information content (AvgIpc) is 3.23. The standard InChI is InChI=1S/C32H32F3N3O3.ClH/c1-21-30(31(40)36-25-14-17-37(18-15-25)16-13-23-7-4-3-5-8-23)28-20-27(41-22(2)39)11-12-29(28)38(21)26-10-6-9-24(19-26)32(33,34)35;/h3-12,19-20,25H,13-18H2,1-2H3,(H,36,40);1H. The molecule has 5 rings (SSSR count). The zero-order valence-corrected chi connectivity index (χ0v) is 24.2. The van der Waals surface area contributed by atoms with Crippen LogP contribution in [0.4, 0.5) is 13.2 Å². The van der Waals surface area contributed by atoms with Crippen molar-refractivity contribution < 1.29 is 27.5 Å². The van der Waals surface area contributed by atoms with Crippen LogP contribution in [0.15, 0.2) is 72.8 Å². The average molecular weight is 600 g/mol. The molecule has 1 aliphatic rings. The van der Waals surface area contributed by atoms with Crippen LogP contribution < -0.4 is 10.1 Å². The van der Waals surface area contributed by atoms with E-state index in [2.05, 4.69) is 22.3 Å². The van der Waals surface area contributed by atoms with Gasteiger partial charge in [-0.25, -0.2) is 0 Å². The lowest BCUT2D eigenvalue weighted by Gasteiger charge is -2.32. The SMILES string of the molecule is CC(=O)Oc1ccc2c(c1)c(C(=O)NC1CCN(CCc3ccccc3)CC1)c(C)n2-c1cccc(C(F)(F)F)c1.Cl. The Morgan fingerprint density at radius 2 is 1.69 bits per heavy atom. The van der Waals surface area contributed by atoms with E-state index in [1.165, 1.54) is 18.6 Å². The number of esters is 1. The number of nitrogens with one attached hydrogen (secondary N) is 1. The lowest BCUT2D eigenvalue weighted by Crippen LogP contribution is -2.45. The molecule has 1 N–H and O–H groups in total. The van der Waals surface area contributed by atoms with E-state index in [9.17, 15) is 22.8 Å². The van der Waals surface area contributed by atoms with E-state index in [-0.39, 0.29) is 35.8 Å². The van der Waals surface area contributed by atoms with Crippen molar-refractivity contribution in [3.63, 3.8) is 0 Å². The van der Waals surface area contributed by atoms with Crippen molar-refractivity contribution in [3.05, 3.63) is 95.2 Å². The number of nitrogens with zero attached hydrogens (tertiary/aromatic N) is 2. The topological polar surface area (TPSA) is 63.6 Å². The number of rotatable bonds is 7. The first-order chi connectivity index (χ1) is 19.6. The van der Waals surface area contributed by atoms with Gasteiger partial charge in [0.05, 0.1) is 16.6 Å². The predicted octanol–water partition coefficient (Wildman–Crippen LogP) is 6.74. The molecule has 6 nitrogen and oxygen atoms in total. The molecule has 0 spiro atoms. The van der Waals surface area contributed by atoms with Crippen LogP contribution in [0, 0.1) is 6.92 Å². The van der Waals surface area contributed by atoms with Gasteiger partial charge in [-0.1, -0.05) is 36.4 Å². The molecular weight excluding hydrogens is 567 g/mol. The van der Waals surface area contributed by atoms with Gasteiger partial charge in [-0.05, 0) is 68.1 Å². The van der Waals surface area contributed by atoms with Gasteiger partial charge < -0.3 is 19.5 Å². The number of carbonyl (C=O) groups is 2. The second-order valence-corrected chi connectivity index (χ2v) is 10.4. The van der Waals surface area contributed by atoms with Gasteiger partial charge >= 0.3 is 12.1 Å². The molecule has 1 amide bonds. The van der Waals surface area contributed by atoms with Gasteiger partial charge in [-0.3, -0.25) is 9.59 Å². The number of likely N-dealkylation sites (tertiary alicyclic amines) is 1. The highest BCUT2D eigenvalue weighted by molar-refractivity contribution is 6.09. The van der Waals surface area contributed by atoms with Crippen LogP contribution in [0.25, 0.3) is 16.6 Å². The summed E-state index contributed by atoms with van der Waals surface area (Å²) in [7, 11) is 0. The molecule has 1 saturated heterocycles. The van der Waals surface area contributed by atoms with Crippen molar-refractivity contribution in [3.8, 4) is 11.4 Å². The monoisotopic (exact) mass is 599 g/mol. The number of amides is 1. The van der Waals surface area contributed by atoms with Crippen LogP contribution in [-0.2, 0) is 17.4 Å². The van der Waals surface area contributed by atoms with Crippen LogP contribution in [0.1, 0.15) is 46.9 Å². The van der Waals surface area contributed by atoms with E-state index in [1.807, 2.05) is 18.2 Å². The third-order valence-electron chi connectivity index (χ3n) is 7.58. The first-order valence-corrected chi connectivity index (χ1v) is 13.7. The number of fused-ring (bicyclic) bond motifs is 1. The number of aromatic nitrogens is 1. The molecular formula is C32H33ClF3N3O3. The number of ether oxygens (including phenoxy) is 1. The summed E-state index contributed by atoms with van der Waals surface area (Å²) in [6, 6.07) is 20.1. The fraction of sp³-hybridized carbons (Fsp3) is 0.312. The molecule has 4 aromatic rings. The van der Waals surface area contributed by atoms with Crippen LogP contribution in [-0.4, -0.2) is 47.0 Å². The van der Waals surface area contributed by atoms with Crippen LogP contribution >= 0.6 is 12.4 Å². The van der Waals surface area contributed by atoms with E-state index in [0.717, 1.165) is 51.0 Å². The highest BCUT2D eigenvalue weighted by Gasteiger charge is 2.31. The lowest BCUT2D eigenvalue weighted by atomic mass is 10.0. The number of alkyl halides is 3. The van der Waals surface area contributed by atoms with Crippen molar-refractivity contribution in [2.75, 3.05) is 19.6 Å². The Morgan fingerprint density at radius 3 is 2.36 bits per heavy atom. The van der Waals surface area contributed by atoms with Gasteiger partial charge in [0, 0.05) is 49.4 Å². The molecule has 2 heterocycles. The Morgan fingerprint density at radius 1 is 0.976 bits per heavy atom. The fourth-order valence-corrected chi connectivity index (χ4v) is 5.56. The maximum atomic E-state index is 13.7. The zero-order valence-electron chi connectivity index (χ0n) is 23.4. The van der Waals surface area contributed by atoms with Gasteiger partial charge in [-0.15, -0.1) is 12.4 Å². The molecule has 0 aliphatic carbocycles. The summed E-state index contributed by atoms with van der Waals surface area (Å²) in [6.07, 6.45) is -1.95. The fourth-order valence-electron chi connectivity index (χ4n) is 5.56. The summed E-state index contributed by atoms with van der Waals surface area (Å²) in [5.41, 5.74) is 2.18. The molecule has 0 radical (unpaired) electrons. The number of piperidine rings is 1. The summed E-state index contributed by atoms with van der Waals surface area (Å²) in [5.74, 6) is -0.559. The Balaban J connectivity index is 0.00000405. The maximum Gasteiger partial charge on any atom is 0.416 e. The number of halogens is 4. The normalized spacial score (nSPS) is 14.4. The van der Waals surface area contributed by atoms with Gasteiger partial charge in [0.15, 0.2) is 0 Å². The van der Waals surface area contributed by atoms with Crippen LogP contribution in [0.5, 0.6) is 5.75 Å². The number of carbonyl (C=O) groups excluding carboxylic acids is 2. The number of hydrogen-bond acceptors (Lipinski definition) is 4. The highest BCUT2D eigenvalue weighted by atomic mass is 35.5. The minimum absolute atomic E-state index is 0. The van der Waals surface area contributed by atoms with E-state index in [4.69, 9.17) is 4.74 Å². The second-order valence-electron chi connectivity index (χ2n) is 10.4. The van der Waals surface area contributed by atoms with E-state index in [1.54, 1.807) is 35.8 Å². The van der Waals surface area contributed by atoms with E-state index in [0.29, 0.717) is 22.2 Å². The molecule has 1 fully saturated rings. The number of benzene rings is 3. The van der Waals surface area contributed by atoms with Gasteiger partial charge in [0.2, 0.25) is 0 Å². The minimum Gasteiger partial charge on any atom is -0.427 e. The third-order valence-corrected chi connectivity index (χ3v) is 7.58. The van der Waals surface area contributed by atoms with E-state index < -0.39 is 17.7 Å². The third kappa shape index (κ3) is 6.97. The Kier molecular flexibility index (Phi) is 9.64. The molecule has 10 heteroatoms. The van der Waals surface area contributed by atoms with E-state index >= 15 is 0 Å². The zero-order chi connectivity index (χ0) is 29.1. The molecule has 0 atom stereocenters. The van der Waals surface area contributed by atoms with Crippen molar-refractivity contribution >= 4 is 35.2 Å². The van der Waals surface area contributed by atoms with Crippen molar-refractivity contribution in [1.29, 1.82) is 0 Å². The first kappa shape index (κ1) is 31.1. The Labute approximate surface area is 248 Å². The molecule has 0 saturated carbocycles. The minimum atomic E-state index is -4.51. The second kappa shape index (κ2) is 13.0. The summed E-state index contributed by atoms with van der Waals surface area (Å²) in [6.45, 7) is 5.67. The molecule has 3 aromatic carbocycles. The van der Waals surface area contributed by atoms with Gasteiger partial charge in [0.1, 0.15) is 5.75 Å². The maximum absolute atomic E-state index is 13.7. The molecule has 0 bridgehead atoms. The summed E-state index contributed by atoms with van der Waals surface area (Å²) in [4.78, 5) is 27.7. The lowest BCUT2D eigenvalue weighted by molar-refractivity contribution is -0.137. The largest absolute Gasteiger partial charge is 0.427 e. The molecule has 0 unspecified atom stereocenters. The molecule has 42 heavy (non-hydrogen) atoms. The Bertz CT molecular complexity index is 1560. The predicted molar refractivity (Wildman–Crippen MR) is 159 cm³/mol. The van der Waals surface area contributed by atoms with Crippen LogP contribution in [0.3, 0.4) is 0 Å². The Hall–Kier alpha value is -3.82. The van der Waals surface area contributed by atoms with Crippen molar-refractivity contribution in [1.82, 2.24) is 14.8 Å². The summed E-state index contributed by atoms with van der Waals surface area (Å²) >= 11 is 0.